The highest BCUT2D eigenvalue weighted by atomic mass is 32.1. The van der Waals surface area contributed by atoms with Gasteiger partial charge in [0.25, 0.3) is 0 Å². The predicted molar refractivity (Wildman–Crippen MR) is 217 cm³/mol. The van der Waals surface area contributed by atoms with Gasteiger partial charge in [-0.15, -0.1) is 11.3 Å². The molecule has 5 heteroatoms. The summed E-state index contributed by atoms with van der Waals surface area (Å²) in [5, 5.41) is 9.31. The molecule has 242 valence electrons. The first-order valence-electron chi connectivity index (χ1n) is 17.4. The van der Waals surface area contributed by atoms with Gasteiger partial charge in [-0.05, 0) is 57.4 Å². The van der Waals surface area contributed by atoms with Crippen LogP contribution in [0.4, 0.5) is 0 Å². The van der Waals surface area contributed by atoms with Gasteiger partial charge in [0.1, 0.15) is 11.2 Å². The first-order valence-corrected chi connectivity index (χ1v) is 18.2. The molecule has 0 atom stereocenters. The van der Waals surface area contributed by atoms with E-state index in [1.54, 1.807) is 0 Å². The van der Waals surface area contributed by atoms with Gasteiger partial charge in [-0.3, -0.25) is 0 Å². The van der Waals surface area contributed by atoms with E-state index in [2.05, 4.69) is 133 Å². The zero-order chi connectivity index (χ0) is 34.2. The van der Waals surface area contributed by atoms with E-state index in [1.807, 2.05) is 41.7 Å². The molecule has 0 bridgehead atoms. The minimum atomic E-state index is 0.604. The summed E-state index contributed by atoms with van der Waals surface area (Å²) in [6, 6.07) is 57.3. The number of para-hydroxylation sites is 1. The van der Waals surface area contributed by atoms with Crippen molar-refractivity contribution in [3.63, 3.8) is 0 Å². The fourth-order valence-corrected chi connectivity index (χ4v) is 8.95. The molecule has 11 aromatic rings. The van der Waals surface area contributed by atoms with E-state index in [4.69, 9.17) is 19.4 Å². The van der Waals surface area contributed by atoms with Gasteiger partial charge in [-0.1, -0.05) is 133 Å². The van der Waals surface area contributed by atoms with E-state index < -0.39 is 0 Å². The quantitative estimate of drug-likeness (QED) is 0.174. The number of nitrogens with zero attached hydrogens (tertiary/aromatic N) is 3. The molecule has 0 fully saturated rings. The average molecular weight is 682 g/mol. The van der Waals surface area contributed by atoms with Gasteiger partial charge >= 0.3 is 0 Å². The van der Waals surface area contributed by atoms with E-state index in [9.17, 15) is 0 Å². The molecular weight excluding hydrogens is 655 g/mol. The van der Waals surface area contributed by atoms with Crippen molar-refractivity contribution in [2.75, 3.05) is 0 Å². The summed E-state index contributed by atoms with van der Waals surface area (Å²) >= 11 is 1.82. The molecule has 0 aliphatic carbocycles. The lowest BCUT2D eigenvalue weighted by Gasteiger charge is -2.14. The number of fused-ring (bicyclic) bond motifs is 9. The van der Waals surface area contributed by atoms with E-state index in [-0.39, 0.29) is 0 Å². The fraction of sp³-hybridized carbons (Fsp3) is 0. The Morgan fingerprint density at radius 2 is 1.10 bits per heavy atom. The lowest BCUT2D eigenvalue weighted by molar-refractivity contribution is 0.669. The molecule has 4 nitrogen and oxygen atoms in total. The average Bonchev–Trinajstić information content (AvgIpc) is 3.79. The topological polar surface area (TPSA) is 51.8 Å². The molecule has 0 N–H and O–H groups in total. The highest BCUT2D eigenvalue weighted by Gasteiger charge is 2.23. The summed E-state index contributed by atoms with van der Waals surface area (Å²) in [5.74, 6) is 1.84. The van der Waals surface area contributed by atoms with Gasteiger partial charge in [0, 0.05) is 53.2 Å². The highest BCUT2D eigenvalue weighted by Crippen LogP contribution is 2.46. The lowest BCUT2D eigenvalue weighted by Crippen LogP contribution is -2.01. The molecule has 0 saturated carbocycles. The summed E-state index contributed by atoms with van der Waals surface area (Å²) in [6.45, 7) is 0. The van der Waals surface area contributed by atoms with Crippen molar-refractivity contribution < 1.29 is 4.42 Å². The van der Waals surface area contributed by atoms with Gasteiger partial charge in [0.2, 0.25) is 0 Å². The van der Waals surface area contributed by atoms with Crippen molar-refractivity contribution in [3.8, 4) is 45.3 Å². The maximum Gasteiger partial charge on any atom is 0.165 e. The third-order valence-corrected chi connectivity index (χ3v) is 11.4. The second-order valence-corrected chi connectivity index (χ2v) is 14.2. The Kier molecular flexibility index (Phi) is 6.39. The minimum absolute atomic E-state index is 0.604. The third kappa shape index (κ3) is 4.50. The van der Waals surface area contributed by atoms with Crippen LogP contribution in [0.1, 0.15) is 0 Å². The van der Waals surface area contributed by atoms with Gasteiger partial charge in [0.05, 0.1) is 0 Å². The third-order valence-electron chi connectivity index (χ3n) is 10.1. The molecule has 3 heterocycles. The molecule has 0 saturated heterocycles. The second-order valence-electron chi connectivity index (χ2n) is 13.1. The van der Waals surface area contributed by atoms with Crippen LogP contribution in [0.25, 0.3) is 109 Å². The van der Waals surface area contributed by atoms with Crippen molar-refractivity contribution >= 4 is 75.0 Å². The number of aromatic nitrogens is 3. The van der Waals surface area contributed by atoms with E-state index >= 15 is 0 Å². The molecule has 11 rings (SSSR count). The van der Waals surface area contributed by atoms with Crippen LogP contribution < -0.4 is 0 Å². The van der Waals surface area contributed by atoms with Crippen molar-refractivity contribution in [3.05, 3.63) is 164 Å². The van der Waals surface area contributed by atoms with Crippen LogP contribution in [-0.4, -0.2) is 15.0 Å². The van der Waals surface area contributed by atoms with Crippen LogP contribution in [-0.2, 0) is 0 Å². The fourth-order valence-electron chi connectivity index (χ4n) is 7.72. The molecule has 8 aromatic carbocycles. The van der Waals surface area contributed by atoms with E-state index in [1.165, 1.54) is 36.3 Å². The SMILES string of the molecule is c1ccc(-c2nc(-c3ccc4c(ccc5ccccc54)c3)nc(-c3c(-c4cccc5c4sc4ccccc45)ccc4oc5ccccc5c34)n2)cc1. The number of thiophene rings is 1. The number of rotatable bonds is 4. The predicted octanol–water partition coefficient (Wildman–Crippen LogP) is 13.1. The van der Waals surface area contributed by atoms with E-state index in [0.717, 1.165) is 55.1 Å². The summed E-state index contributed by atoms with van der Waals surface area (Å²) in [4.78, 5) is 15.8. The van der Waals surface area contributed by atoms with E-state index in [0.29, 0.717) is 17.5 Å². The van der Waals surface area contributed by atoms with Crippen molar-refractivity contribution in [1.29, 1.82) is 0 Å². The van der Waals surface area contributed by atoms with Gasteiger partial charge in [-0.25, -0.2) is 15.0 Å². The first kappa shape index (κ1) is 29.1. The smallest absolute Gasteiger partial charge is 0.165 e. The zero-order valence-corrected chi connectivity index (χ0v) is 28.6. The lowest BCUT2D eigenvalue weighted by atomic mass is 9.93. The first-order chi connectivity index (χ1) is 25.8. The molecule has 3 aromatic heterocycles. The van der Waals surface area contributed by atoms with Crippen LogP contribution in [0, 0.1) is 0 Å². The Morgan fingerprint density at radius 1 is 0.404 bits per heavy atom. The summed E-state index contributed by atoms with van der Waals surface area (Å²) in [5.41, 5.74) is 6.61. The Hall–Kier alpha value is -6.69. The largest absolute Gasteiger partial charge is 0.456 e. The van der Waals surface area contributed by atoms with Gasteiger partial charge < -0.3 is 4.42 Å². The number of benzene rings is 8. The Morgan fingerprint density at radius 3 is 2.00 bits per heavy atom. The normalized spacial score (nSPS) is 11.8. The summed E-state index contributed by atoms with van der Waals surface area (Å²) < 4.78 is 8.98. The second kappa shape index (κ2) is 11.4. The number of hydrogen-bond acceptors (Lipinski definition) is 5. The Bertz CT molecular complexity index is 3200. The van der Waals surface area contributed by atoms with Crippen LogP contribution in [0.3, 0.4) is 0 Å². The van der Waals surface area contributed by atoms with Crippen LogP contribution >= 0.6 is 11.3 Å². The highest BCUT2D eigenvalue weighted by molar-refractivity contribution is 7.26. The maximum absolute atomic E-state index is 6.49. The van der Waals surface area contributed by atoms with Crippen LogP contribution in [0.15, 0.2) is 168 Å². The molecular formula is C47H27N3OS. The van der Waals surface area contributed by atoms with Crippen molar-refractivity contribution in [2.45, 2.75) is 0 Å². The Labute approximate surface area is 302 Å². The monoisotopic (exact) mass is 681 g/mol. The summed E-state index contributed by atoms with van der Waals surface area (Å²) in [6.07, 6.45) is 0. The van der Waals surface area contributed by atoms with Crippen LogP contribution in [0.5, 0.6) is 0 Å². The van der Waals surface area contributed by atoms with Gasteiger partial charge in [0.15, 0.2) is 17.5 Å². The minimum Gasteiger partial charge on any atom is -0.456 e. The Balaban J connectivity index is 1.23. The van der Waals surface area contributed by atoms with Crippen molar-refractivity contribution in [1.82, 2.24) is 15.0 Å². The van der Waals surface area contributed by atoms with Gasteiger partial charge in [-0.2, -0.15) is 0 Å². The zero-order valence-electron chi connectivity index (χ0n) is 27.7. The molecule has 0 amide bonds. The van der Waals surface area contributed by atoms with Crippen molar-refractivity contribution in [2.24, 2.45) is 0 Å². The van der Waals surface area contributed by atoms with Crippen LogP contribution in [0.2, 0.25) is 0 Å². The molecule has 52 heavy (non-hydrogen) atoms. The molecule has 0 spiro atoms. The standard InChI is InChI=1S/C47H27N3OS/c1-2-12-29(13-3-1)45-48-46(31-23-24-33-30(27-31)22-21-28-11-4-5-14-32(28)33)50-47(49-45)43-35(25-26-40-42(43)38-16-6-8-19-39(38)51-40)37-18-10-17-36-34-15-7-9-20-41(34)52-44(36)37/h1-27H. The molecule has 0 radical (unpaired) electrons. The number of furan rings is 1. The number of hydrogen-bond donors (Lipinski definition) is 0. The molecule has 0 unspecified atom stereocenters. The molecule has 0 aliphatic heterocycles. The maximum atomic E-state index is 6.49. The summed E-state index contributed by atoms with van der Waals surface area (Å²) in [7, 11) is 0. The molecule has 0 aliphatic rings.